The summed E-state index contributed by atoms with van der Waals surface area (Å²) in [5.41, 5.74) is 3.54. The molecule has 1 fully saturated rings. The van der Waals surface area contributed by atoms with Crippen molar-refractivity contribution in [2.75, 3.05) is 11.9 Å². The highest BCUT2D eigenvalue weighted by molar-refractivity contribution is 8.15. The molecule has 2 aromatic rings. The minimum absolute atomic E-state index is 0.102. The zero-order chi connectivity index (χ0) is 21.1. The quantitative estimate of drug-likeness (QED) is 0.661. The van der Waals surface area contributed by atoms with Crippen LogP contribution in [0.2, 0.25) is 10.0 Å². The summed E-state index contributed by atoms with van der Waals surface area (Å²) < 4.78 is 0. The zero-order valence-electron chi connectivity index (χ0n) is 16.3. The minimum atomic E-state index is -0.589. The van der Waals surface area contributed by atoms with Gasteiger partial charge >= 0.3 is 0 Å². The van der Waals surface area contributed by atoms with E-state index in [1.165, 1.54) is 17.3 Å². The Morgan fingerprint density at radius 2 is 1.86 bits per heavy atom. The maximum absolute atomic E-state index is 12.8. The third kappa shape index (κ3) is 5.32. The van der Waals surface area contributed by atoms with Gasteiger partial charge in [0.25, 0.3) is 0 Å². The fraction of sp³-hybridized carbons (Fsp3) is 0.286. The van der Waals surface area contributed by atoms with E-state index >= 15 is 0 Å². The number of hydrogen-bond donors (Lipinski definition) is 1. The number of anilines is 1. The topological polar surface area (TPSA) is 61.8 Å². The lowest BCUT2D eigenvalue weighted by atomic mass is 10.1. The number of nitrogens with one attached hydrogen (secondary N) is 1. The maximum Gasteiger partial charge on any atom is 0.238 e. The molecule has 0 radical (unpaired) electrons. The van der Waals surface area contributed by atoms with Crippen LogP contribution in [0, 0.1) is 13.8 Å². The molecule has 0 saturated carbocycles. The molecule has 1 aliphatic rings. The first-order valence-corrected chi connectivity index (χ1v) is 10.8. The van der Waals surface area contributed by atoms with Crippen molar-refractivity contribution in [1.29, 1.82) is 0 Å². The van der Waals surface area contributed by atoms with Gasteiger partial charge in [0.15, 0.2) is 5.17 Å². The van der Waals surface area contributed by atoms with E-state index in [0.717, 1.165) is 11.3 Å². The lowest BCUT2D eigenvalue weighted by molar-refractivity contribution is -0.129. The Hall–Kier alpha value is -2.02. The van der Waals surface area contributed by atoms with Gasteiger partial charge in [-0.3, -0.25) is 14.5 Å². The number of benzene rings is 2. The summed E-state index contributed by atoms with van der Waals surface area (Å²) in [7, 11) is 0. The van der Waals surface area contributed by atoms with Crippen molar-refractivity contribution in [2.24, 2.45) is 4.99 Å². The molecule has 1 saturated heterocycles. The van der Waals surface area contributed by atoms with Gasteiger partial charge in [-0.25, -0.2) is 4.99 Å². The van der Waals surface area contributed by atoms with Gasteiger partial charge in [-0.1, -0.05) is 41.0 Å². The summed E-state index contributed by atoms with van der Waals surface area (Å²) in [4.78, 5) is 31.7. The number of nitrogens with zero attached hydrogens (tertiary/aromatic N) is 2. The lowest BCUT2D eigenvalue weighted by Gasteiger charge is -2.31. The van der Waals surface area contributed by atoms with Crippen LogP contribution in [0.3, 0.4) is 0 Å². The zero-order valence-corrected chi connectivity index (χ0v) is 18.7. The molecule has 1 unspecified atom stereocenters. The Balaban J connectivity index is 1.84. The van der Waals surface area contributed by atoms with Crippen LogP contribution in [0.4, 0.5) is 11.4 Å². The smallest absolute Gasteiger partial charge is 0.238 e. The summed E-state index contributed by atoms with van der Waals surface area (Å²) >= 11 is 13.3. The third-order valence-corrected chi connectivity index (χ3v) is 6.22. The fourth-order valence-corrected chi connectivity index (χ4v) is 4.60. The molecule has 5 nitrogen and oxygen atoms in total. The highest BCUT2D eigenvalue weighted by atomic mass is 35.5. The lowest BCUT2D eigenvalue weighted by Crippen LogP contribution is -2.45. The Morgan fingerprint density at radius 1 is 1.17 bits per heavy atom. The molecule has 1 N–H and O–H groups in total. The van der Waals surface area contributed by atoms with E-state index in [1.807, 2.05) is 39.0 Å². The molecule has 2 amide bonds. The van der Waals surface area contributed by atoms with Gasteiger partial charge in [-0.2, -0.15) is 0 Å². The summed E-state index contributed by atoms with van der Waals surface area (Å²) in [5.74, 6) is -0.414. The van der Waals surface area contributed by atoms with Gasteiger partial charge in [-0.05, 0) is 62.2 Å². The number of amides is 2. The number of hydrogen-bond acceptors (Lipinski definition) is 4. The Kier molecular flexibility index (Phi) is 6.88. The van der Waals surface area contributed by atoms with Crippen LogP contribution in [0.25, 0.3) is 0 Å². The van der Waals surface area contributed by atoms with Crippen molar-refractivity contribution in [1.82, 2.24) is 4.90 Å². The number of thioether (sulfide) groups is 1. The van der Waals surface area contributed by atoms with E-state index < -0.39 is 5.25 Å². The highest BCUT2D eigenvalue weighted by Crippen LogP contribution is 2.31. The van der Waals surface area contributed by atoms with Crippen molar-refractivity contribution in [3.05, 3.63) is 57.6 Å². The molecule has 29 heavy (non-hydrogen) atoms. The molecular formula is C21H21Cl2N3O2S. The summed E-state index contributed by atoms with van der Waals surface area (Å²) in [6.45, 7) is 6.44. The highest BCUT2D eigenvalue weighted by Gasteiger charge is 2.35. The number of carbonyl (C=O) groups excluding carboxylic acids is 2. The van der Waals surface area contributed by atoms with Crippen LogP contribution < -0.4 is 5.32 Å². The molecule has 152 valence electrons. The molecule has 8 heteroatoms. The maximum atomic E-state index is 12.8. The fourth-order valence-electron chi connectivity index (χ4n) is 2.91. The van der Waals surface area contributed by atoms with Crippen LogP contribution in [0.1, 0.15) is 24.5 Å². The Bertz CT molecular complexity index is 974. The number of aryl methyl sites for hydroxylation is 2. The van der Waals surface area contributed by atoms with Crippen molar-refractivity contribution in [3.8, 4) is 0 Å². The van der Waals surface area contributed by atoms with Gasteiger partial charge in [0.2, 0.25) is 11.8 Å². The second-order valence-corrected chi connectivity index (χ2v) is 8.80. The van der Waals surface area contributed by atoms with E-state index in [2.05, 4.69) is 10.3 Å². The summed E-state index contributed by atoms with van der Waals surface area (Å²) in [6.07, 6.45) is 0.102. The predicted molar refractivity (Wildman–Crippen MR) is 121 cm³/mol. The van der Waals surface area contributed by atoms with Crippen molar-refractivity contribution in [2.45, 2.75) is 32.4 Å². The predicted octanol–water partition coefficient (Wildman–Crippen LogP) is 5.59. The second-order valence-electron chi connectivity index (χ2n) is 6.76. The molecule has 1 atom stereocenters. The number of carbonyl (C=O) groups is 2. The van der Waals surface area contributed by atoms with E-state index in [9.17, 15) is 9.59 Å². The summed E-state index contributed by atoms with van der Waals surface area (Å²) in [5, 5.41) is 3.58. The summed E-state index contributed by atoms with van der Waals surface area (Å²) in [6, 6.07) is 10.7. The average molecular weight is 450 g/mol. The normalized spacial score (nSPS) is 18.2. The first-order valence-electron chi connectivity index (χ1n) is 9.16. The Labute approximate surface area is 184 Å². The molecule has 0 spiro atoms. The van der Waals surface area contributed by atoms with Crippen molar-refractivity contribution in [3.63, 3.8) is 0 Å². The monoisotopic (exact) mass is 449 g/mol. The van der Waals surface area contributed by atoms with Crippen molar-refractivity contribution >= 4 is 63.3 Å². The van der Waals surface area contributed by atoms with Gasteiger partial charge in [0.05, 0.1) is 5.69 Å². The van der Waals surface area contributed by atoms with Crippen LogP contribution >= 0.6 is 35.0 Å². The first-order chi connectivity index (χ1) is 13.8. The molecular weight excluding hydrogens is 429 g/mol. The second kappa shape index (κ2) is 9.20. The Morgan fingerprint density at radius 3 is 2.48 bits per heavy atom. The van der Waals surface area contributed by atoms with E-state index in [-0.39, 0.29) is 18.2 Å². The number of halogens is 2. The van der Waals surface area contributed by atoms with Gasteiger partial charge in [0, 0.05) is 28.7 Å². The molecule has 2 aromatic carbocycles. The van der Waals surface area contributed by atoms with Crippen LogP contribution in [-0.4, -0.2) is 33.7 Å². The van der Waals surface area contributed by atoms with Gasteiger partial charge < -0.3 is 5.32 Å². The molecule has 1 heterocycles. The molecule has 0 aliphatic carbocycles. The van der Waals surface area contributed by atoms with E-state index in [4.69, 9.17) is 23.2 Å². The number of rotatable bonds is 4. The molecule has 3 rings (SSSR count). The number of aliphatic imine (C=N–C) groups is 1. The van der Waals surface area contributed by atoms with E-state index in [1.54, 1.807) is 23.1 Å². The van der Waals surface area contributed by atoms with Gasteiger partial charge in [-0.15, -0.1) is 0 Å². The SMILES string of the molecule is CCN1C(=O)CC(C(=O)Nc2cc(Cl)cc(Cl)c2)SC1=Nc1ccc(C)c(C)c1. The molecule has 0 aromatic heterocycles. The first kappa shape index (κ1) is 21.7. The van der Waals surface area contributed by atoms with E-state index in [0.29, 0.717) is 27.4 Å². The molecule has 1 aliphatic heterocycles. The largest absolute Gasteiger partial charge is 0.325 e. The van der Waals surface area contributed by atoms with Gasteiger partial charge in [0.1, 0.15) is 5.25 Å². The van der Waals surface area contributed by atoms with Crippen LogP contribution in [0.5, 0.6) is 0 Å². The van der Waals surface area contributed by atoms with Crippen molar-refractivity contribution < 1.29 is 9.59 Å². The van der Waals surface area contributed by atoms with Crippen LogP contribution in [0.15, 0.2) is 41.4 Å². The average Bonchev–Trinajstić information content (AvgIpc) is 2.63. The minimum Gasteiger partial charge on any atom is -0.325 e. The third-order valence-electron chi connectivity index (χ3n) is 4.59. The van der Waals surface area contributed by atoms with Crippen LogP contribution in [-0.2, 0) is 9.59 Å². The molecule has 0 bridgehead atoms. The standard InChI is InChI=1S/C21H21Cl2N3O2S/c1-4-26-19(27)11-18(20(28)24-17-9-14(22)8-15(23)10-17)29-21(26)25-16-6-5-12(2)13(3)7-16/h5-10,18H,4,11H2,1-3H3,(H,24,28). The number of amidine groups is 1.